The molecule has 19 heavy (non-hydrogen) atoms. The molecular formula is C17H25NO. The molecule has 104 valence electrons. The normalized spacial score (nSPS) is 10.3. The Bertz CT molecular complexity index is 369. The minimum Gasteiger partial charge on any atom is -0.508 e. The number of hydrogen-bond donors (Lipinski definition) is 2. The van der Waals surface area contributed by atoms with Crippen molar-refractivity contribution in [1.29, 1.82) is 0 Å². The summed E-state index contributed by atoms with van der Waals surface area (Å²) in [6.07, 6.45) is 6.77. The quantitative estimate of drug-likeness (QED) is 0.598. The first-order valence-electron chi connectivity index (χ1n) is 6.54. The monoisotopic (exact) mass is 259 g/mol. The lowest BCUT2D eigenvalue weighted by molar-refractivity contribution is 0.475. The fourth-order valence-electron chi connectivity index (χ4n) is 1.30. The van der Waals surface area contributed by atoms with Gasteiger partial charge in [0, 0.05) is 6.54 Å². The van der Waals surface area contributed by atoms with E-state index in [-0.39, 0.29) is 0 Å². The number of hydrogen-bond acceptors (Lipinski definition) is 2. The zero-order valence-corrected chi connectivity index (χ0v) is 12.0. The van der Waals surface area contributed by atoms with Crippen molar-refractivity contribution in [2.24, 2.45) is 0 Å². The van der Waals surface area contributed by atoms with Crippen molar-refractivity contribution in [3.8, 4) is 5.75 Å². The summed E-state index contributed by atoms with van der Waals surface area (Å²) in [5, 5.41) is 12.0. The molecule has 0 aliphatic heterocycles. The van der Waals surface area contributed by atoms with Gasteiger partial charge in [-0.2, -0.15) is 0 Å². The van der Waals surface area contributed by atoms with E-state index in [2.05, 4.69) is 25.4 Å². The van der Waals surface area contributed by atoms with Gasteiger partial charge in [-0.3, -0.25) is 0 Å². The van der Waals surface area contributed by atoms with Gasteiger partial charge in [-0.15, -0.1) is 0 Å². The van der Waals surface area contributed by atoms with E-state index in [1.54, 1.807) is 18.2 Å². The fraction of sp³-hybridized carbons (Fsp3) is 0.294. The van der Waals surface area contributed by atoms with Crippen molar-refractivity contribution in [1.82, 2.24) is 5.32 Å². The number of rotatable bonds is 6. The molecule has 1 aromatic carbocycles. The second-order valence-corrected chi connectivity index (χ2v) is 4.19. The summed E-state index contributed by atoms with van der Waals surface area (Å²) in [7, 11) is 0. The minimum atomic E-state index is 0.329. The largest absolute Gasteiger partial charge is 0.508 e. The Balaban J connectivity index is 0.000000356. The Morgan fingerprint density at radius 2 is 1.89 bits per heavy atom. The minimum absolute atomic E-state index is 0.329. The highest BCUT2D eigenvalue weighted by atomic mass is 16.3. The van der Waals surface area contributed by atoms with E-state index in [0.29, 0.717) is 5.75 Å². The zero-order chi connectivity index (χ0) is 14.5. The van der Waals surface area contributed by atoms with Crippen LogP contribution in [-0.4, -0.2) is 18.2 Å². The Kier molecular flexibility index (Phi) is 10.2. The van der Waals surface area contributed by atoms with Crippen molar-refractivity contribution in [3.05, 3.63) is 66.8 Å². The van der Waals surface area contributed by atoms with Crippen LogP contribution in [0.5, 0.6) is 5.75 Å². The predicted octanol–water partition coefficient (Wildman–Crippen LogP) is 3.99. The first-order valence-corrected chi connectivity index (χ1v) is 6.54. The van der Waals surface area contributed by atoms with Crippen molar-refractivity contribution >= 4 is 0 Å². The summed E-state index contributed by atoms with van der Waals surface area (Å²) in [6, 6.07) is 7.09. The summed E-state index contributed by atoms with van der Waals surface area (Å²) in [6.45, 7) is 13.4. The SMILES string of the molecule is C=C/C=C(\C=C)CNCCC.Cc1ccc(O)cc1. The topological polar surface area (TPSA) is 32.3 Å². The van der Waals surface area contributed by atoms with Gasteiger partial charge in [0.15, 0.2) is 0 Å². The third-order valence-electron chi connectivity index (χ3n) is 2.38. The van der Waals surface area contributed by atoms with Crippen molar-refractivity contribution in [3.63, 3.8) is 0 Å². The Morgan fingerprint density at radius 1 is 1.26 bits per heavy atom. The van der Waals surface area contributed by atoms with Gasteiger partial charge in [0.05, 0.1) is 0 Å². The zero-order valence-electron chi connectivity index (χ0n) is 12.0. The molecule has 0 radical (unpaired) electrons. The number of benzene rings is 1. The molecule has 0 aliphatic rings. The van der Waals surface area contributed by atoms with E-state index >= 15 is 0 Å². The number of allylic oxidation sites excluding steroid dienone is 2. The molecule has 2 heteroatoms. The van der Waals surface area contributed by atoms with E-state index in [1.807, 2.05) is 31.2 Å². The summed E-state index contributed by atoms with van der Waals surface area (Å²) < 4.78 is 0. The molecule has 0 heterocycles. The predicted molar refractivity (Wildman–Crippen MR) is 84.5 cm³/mol. The van der Waals surface area contributed by atoms with Gasteiger partial charge >= 0.3 is 0 Å². The van der Waals surface area contributed by atoms with Crippen LogP contribution in [0.4, 0.5) is 0 Å². The molecular weight excluding hydrogens is 234 g/mol. The van der Waals surface area contributed by atoms with Crippen LogP contribution in [0.15, 0.2) is 61.2 Å². The first-order chi connectivity index (χ1) is 9.13. The summed E-state index contributed by atoms with van der Waals surface area (Å²) in [5.74, 6) is 0.329. The molecule has 0 unspecified atom stereocenters. The number of phenols is 1. The van der Waals surface area contributed by atoms with Crippen LogP contribution >= 0.6 is 0 Å². The molecule has 0 atom stereocenters. The number of nitrogens with one attached hydrogen (secondary N) is 1. The molecule has 0 fully saturated rings. The van der Waals surface area contributed by atoms with Gasteiger partial charge in [-0.1, -0.05) is 56.0 Å². The molecule has 1 aromatic rings. The molecule has 0 spiro atoms. The number of phenolic OH excluding ortho intramolecular Hbond substituents is 1. The van der Waals surface area contributed by atoms with Gasteiger partial charge in [0.25, 0.3) is 0 Å². The summed E-state index contributed by atoms with van der Waals surface area (Å²) >= 11 is 0. The van der Waals surface area contributed by atoms with Gasteiger partial charge in [0.2, 0.25) is 0 Å². The standard InChI is InChI=1S/C10H17N.C7H8O/c1-4-7-10(6-3)9-11-8-5-2;1-6-2-4-7(8)5-3-6/h4,6-7,11H,1,3,5,8-9H2,2H3;2-5,8H,1H3/b10-7+;. The van der Waals surface area contributed by atoms with Crippen LogP contribution in [0.25, 0.3) is 0 Å². The summed E-state index contributed by atoms with van der Waals surface area (Å²) in [4.78, 5) is 0. The van der Waals surface area contributed by atoms with Gasteiger partial charge < -0.3 is 10.4 Å². The first kappa shape index (κ1) is 17.2. The lowest BCUT2D eigenvalue weighted by atomic mass is 10.2. The van der Waals surface area contributed by atoms with Crippen LogP contribution in [0.1, 0.15) is 18.9 Å². The van der Waals surface area contributed by atoms with E-state index in [9.17, 15) is 0 Å². The molecule has 0 saturated heterocycles. The van der Waals surface area contributed by atoms with Crippen LogP contribution in [0, 0.1) is 6.92 Å². The molecule has 0 bridgehead atoms. The van der Waals surface area contributed by atoms with Crippen LogP contribution in [0.3, 0.4) is 0 Å². The molecule has 2 nitrogen and oxygen atoms in total. The van der Waals surface area contributed by atoms with Crippen molar-refractivity contribution in [2.45, 2.75) is 20.3 Å². The van der Waals surface area contributed by atoms with Crippen LogP contribution < -0.4 is 5.32 Å². The van der Waals surface area contributed by atoms with Gasteiger partial charge in [-0.25, -0.2) is 0 Å². The number of aryl methyl sites for hydroxylation is 1. The average molecular weight is 259 g/mol. The highest BCUT2D eigenvalue weighted by Gasteiger charge is 1.87. The maximum atomic E-state index is 8.76. The van der Waals surface area contributed by atoms with E-state index in [0.717, 1.165) is 13.1 Å². The maximum absolute atomic E-state index is 8.76. The molecule has 2 N–H and O–H groups in total. The Hall–Kier alpha value is -1.80. The van der Waals surface area contributed by atoms with Gasteiger partial charge in [-0.05, 0) is 37.6 Å². The smallest absolute Gasteiger partial charge is 0.115 e. The van der Waals surface area contributed by atoms with Gasteiger partial charge in [0.1, 0.15) is 5.75 Å². The third-order valence-corrected chi connectivity index (χ3v) is 2.38. The lowest BCUT2D eigenvalue weighted by Gasteiger charge is -2.01. The maximum Gasteiger partial charge on any atom is 0.115 e. The molecule has 0 saturated carbocycles. The van der Waals surface area contributed by atoms with E-state index in [4.69, 9.17) is 5.11 Å². The third kappa shape index (κ3) is 9.86. The molecule has 0 aromatic heterocycles. The Morgan fingerprint density at radius 3 is 2.32 bits per heavy atom. The van der Waals surface area contributed by atoms with Crippen LogP contribution in [0.2, 0.25) is 0 Å². The highest BCUT2D eigenvalue weighted by molar-refractivity contribution is 5.24. The summed E-state index contributed by atoms with van der Waals surface area (Å²) in [5.41, 5.74) is 2.36. The fourth-order valence-corrected chi connectivity index (χ4v) is 1.30. The van der Waals surface area contributed by atoms with Crippen molar-refractivity contribution < 1.29 is 5.11 Å². The van der Waals surface area contributed by atoms with E-state index < -0.39 is 0 Å². The Labute approximate surface area is 117 Å². The second kappa shape index (κ2) is 11.3. The van der Waals surface area contributed by atoms with Crippen molar-refractivity contribution in [2.75, 3.05) is 13.1 Å². The molecule has 0 amide bonds. The molecule has 1 rings (SSSR count). The van der Waals surface area contributed by atoms with Crippen LogP contribution in [-0.2, 0) is 0 Å². The highest BCUT2D eigenvalue weighted by Crippen LogP contribution is 2.07. The second-order valence-electron chi connectivity index (χ2n) is 4.19. The average Bonchev–Trinajstić information content (AvgIpc) is 2.42. The number of aromatic hydroxyl groups is 1. The molecule has 0 aliphatic carbocycles. The van der Waals surface area contributed by atoms with E-state index in [1.165, 1.54) is 17.6 Å². The lowest BCUT2D eigenvalue weighted by Crippen LogP contribution is -2.16.